The molecular formula is C13H25N3. The van der Waals surface area contributed by atoms with Crippen LogP contribution in [-0.4, -0.2) is 29.9 Å². The molecule has 2 saturated carbocycles. The quantitative estimate of drug-likeness (QED) is 0.536. The molecular weight excluding hydrogens is 198 g/mol. The minimum atomic E-state index is 0.342. The van der Waals surface area contributed by atoms with E-state index in [1.54, 1.807) is 0 Å². The monoisotopic (exact) mass is 223 g/mol. The second-order valence-electron chi connectivity index (χ2n) is 5.51. The Morgan fingerprint density at radius 2 is 1.81 bits per heavy atom. The zero-order valence-electron chi connectivity index (χ0n) is 10.3. The van der Waals surface area contributed by atoms with E-state index in [0.29, 0.717) is 5.84 Å². The number of amidine groups is 1. The van der Waals surface area contributed by atoms with Crippen LogP contribution in [0.3, 0.4) is 0 Å². The van der Waals surface area contributed by atoms with Gasteiger partial charge in [-0.3, -0.25) is 10.3 Å². The maximum Gasteiger partial charge on any atom is 0.0918 e. The zero-order chi connectivity index (χ0) is 11.4. The first kappa shape index (κ1) is 11.9. The lowest BCUT2D eigenvalue weighted by molar-refractivity contribution is 0.197. The van der Waals surface area contributed by atoms with Crippen molar-refractivity contribution in [2.24, 2.45) is 11.7 Å². The Morgan fingerprint density at radius 3 is 2.38 bits per heavy atom. The minimum absolute atomic E-state index is 0.342. The Hall–Kier alpha value is -0.570. The zero-order valence-corrected chi connectivity index (χ0v) is 10.3. The van der Waals surface area contributed by atoms with Crippen LogP contribution in [0.2, 0.25) is 0 Å². The molecule has 2 aliphatic carbocycles. The third kappa shape index (κ3) is 3.78. The second kappa shape index (κ2) is 5.67. The van der Waals surface area contributed by atoms with Crippen molar-refractivity contribution < 1.29 is 0 Å². The van der Waals surface area contributed by atoms with Crippen LogP contribution in [0.4, 0.5) is 0 Å². The summed E-state index contributed by atoms with van der Waals surface area (Å²) in [5.41, 5.74) is 5.45. The number of nitrogens with one attached hydrogen (secondary N) is 1. The average molecular weight is 223 g/mol. The van der Waals surface area contributed by atoms with E-state index in [9.17, 15) is 0 Å². The normalized spacial score (nSPS) is 22.6. The molecule has 0 bridgehead atoms. The predicted octanol–water partition coefficient (Wildman–Crippen LogP) is 2.36. The maximum absolute atomic E-state index is 7.32. The Bertz CT molecular complexity index is 229. The van der Waals surface area contributed by atoms with Crippen molar-refractivity contribution in [2.75, 3.05) is 13.1 Å². The molecule has 2 rings (SSSR count). The Balaban J connectivity index is 1.75. The molecule has 3 N–H and O–H groups in total. The number of hydrogen-bond donors (Lipinski definition) is 2. The number of rotatable bonds is 6. The van der Waals surface area contributed by atoms with E-state index >= 15 is 0 Å². The van der Waals surface area contributed by atoms with Crippen molar-refractivity contribution in [2.45, 2.75) is 57.4 Å². The molecule has 0 unspecified atom stereocenters. The van der Waals surface area contributed by atoms with E-state index in [2.05, 4.69) is 4.90 Å². The van der Waals surface area contributed by atoms with Crippen molar-refractivity contribution in [3.63, 3.8) is 0 Å². The molecule has 0 aromatic carbocycles. The molecule has 3 heteroatoms. The summed E-state index contributed by atoms with van der Waals surface area (Å²) in [7, 11) is 0. The van der Waals surface area contributed by atoms with Crippen LogP contribution in [0.1, 0.15) is 51.4 Å². The molecule has 0 aliphatic heterocycles. The van der Waals surface area contributed by atoms with Gasteiger partial charge < -0.3 is 5.73 Å². The van der Waals surface area contributed by atoms with Crippen LogP contribution in [0.5, 0.6) is 0 Å². The lowest BCUT2D eigenvalue weighted by Gasteiger charge is -2.29. The fourth-order valence-corrected chi connectivity index (χ4v) is 2.83. The predicted molar refractivity (Wildman–Crippen MR) is 67.7 cm³/mol. The summed E-state index contributed by atoms with van der Waals surface area (Å²) in [5, 5.41) is 7.32. The van der Waals surface area contributed by atoms with Gasteiger partial charge in [0.25, 0.3) is 0 Å². The summed E-state index contributed by atoms with van der Waals surface area (Å²) in [4.78, 5) is 2.59. The van der Waals surface area contributed by atoms with Gasteiger partial charge in [0.05, 0.1) is 5.84 Å². The summed E-state index contributed by atoms with van der Waals surface area (Å²) in [6.45, 7) is 2.27. The number of nitrogens with zero attached hydrogens (tertiary/aromatic N) is 1. The molecule has 3 nitrogen and oxygen atoms in total. The number of nitrogens with two attached hydrogens (primary N) is 1. The first-order valence-electron chi connectivity index (χ1n) is 6.82. The van der Waals surface area contributed by atoms with Crippen molar-refractivity contribution in [1.82, 2.24) is 4.90 Å². The Labute approximate surface area is 98.9 Å². The molecule has 0 radical (unpaired) electrons. The van der Waals surface area contributed by atoms with E-state index in [-0.39, 0.29) is 0 Å². The fourth-order valence-electron chi connectivity index (χ4n) is 2.83. The summed E-state index contributed by atoms with van der Waals surface area (Å²) < 4.78 is 0. The third-order valence-corrected chi connectivity index (χ3v) is 3.95. The molecule has 0 saturated heterocycles. The van der Waals surface area contributed by atoms with Gasteiger partial charge in [-0.05, 0) is 31.6 Å². The fraction of sp³-hybridized carbons (Fsp3) is 0.923. The van der Waals surface area contributed by atoms with Gasteiger partial charge in [0.2, 0.25) is 0 Å². The Kier molecular flexibility index (Phi) is 4.22. The highest BCUT2D eigenvalue weighted by Crippen LogP contribution is 2.31. The molecule has 2 aliphatic rings. The van der Waals surface area contributed by atoms with E-state index in [1.807, 2.05) is 0 Å². The summed E-state index contributed by atoms with van der Waals surface area (Å²) >= 11 is 0. The summed E-state index contributed by atoms with van der Waals surface area (Å²) in [5.74, 6) is 1.26. The van der Waals surface area contributed by atoms with Crippen molar-refractivity contribution in [3.8, 4) is 0 Å². The molecule has 2 fully saturated rings. The summed E-state index contributed by atoms with van der Waals surface area (Å²) in [6.07, 6.45) is 10.6. The van der Waals surface area contributed by atoms with Gasteiger partial charge in [0, 0.05) is 25.6 Å². The lowest BCUT2D eigenvalue weighted by atomic mass is 9.89. The van der Waals surface area contributed by atoms with Crippen LogP contribution in [-0.2, 0) is 0 Å². The highest BCUT2D eigenvalue weighted by molar-refractivity contribution is 5.76. The molecule has 16 heavy (non-hydrogen) atoms. The van der Waals surface area contributed by atoms with E-state index < -0.39 is 0 Å². The maximum atomic E-state index is 7.32. The van der Waals surface area contributed by atoms with Crippen LogP contribution in [0, 0.1) is 11.3 Å². The Morgan fingerprint density at radius 1 is 1.12 bits per heavy atom. The molecule has 0 aromatic rings. The van der Waals surface area contributed by atoms with Gasteiger partial charge in [0.1, 0.15) is 0 Å². The van der Waals surface area contributed by atoms with Crippen LogP contribution in [0.25, 0.3) is 0 Å². The van der Waals surface area contributed by atoms with Gasteiger partial charge >= 0.3 is 0 Å². The van der Waals surface area contributed by atoms with Crippen LogP contribution in [0.15, 0.2) is 0 Å². The van der Waals surface area contributed by atoms with Gasteiger partial charge in [-0.2, -0.15) is 0 Å². The van der Waals surface area contributed by atoms with E-state index in [4.69, 9.17) is 11.1 Å². The molecule has 0 heterocycles. The lowest BCUT2D eigenvalue weighted by Crippen LogP contribution is -2.35. The highest BCUT2D eigenvalue weighted by Gasteiger charge is 2.30. The minimum Gasteiger partial charge on any atom is -0.388 e. The van der Waals surface area contributed by atoms with Crippen molar-refractivity contribution in [1.29, 1.82) is 5.41 Å². The van der Waals surface area contributed by atoms with Gasteiger partial charge in [-0.1, -0.05) is 19.3 Å². The topological polar surface area (TPSA) is 53.1 Å². The molecule has 0 amide bonds. The highest BCUT2D eigenvalue weighted by atomic mass is 15.2. The molecule has 0 aromatic heterocycles. The molecule has 92 valence electrons. The summed E-state index contributed by atoms with van der Waals surface area (Å²) in [6, 6.07) is 0.821. The second-order valence-corrected chi connectivity index (χ2v) is 5.51. The van der Waals surface area contributed by atoms with Crippen LogP contribution >= 0.6 is 0 Å². The first-order valence-corrected chi connectivity index (χ1v) is 6.82. The first-order chi connectivity index (χ1) is 7.75. The van der Waals surface area contributed by atoms with E-state index in [0.717, 1.165) is 24.9 Å². The largest absolute Gasteiger partial charge is 0.388 e. The molecule has 0 spiro atoms. The number of hydrogen-bond acceptors (Lipinski definition) is 2. The third-order valence-electron chi connectivity index (χ3n) is 3.95. The van der Waals surface area contributed by atoms with Crippen molar-refractivity contribution in [3.05, 3.63) is 0 Å². The SMILES string of the molecule is N=C(N)CCN(CC1CCCCC1)C1CC1. The van der Waals surface area contributed by atoms with Gasteiger partial charge in [0.15, 0.2) is 0 Å². The van der Waals surface area contributed by atoms with Crippen LogP contribution < -0.4 is 5.73 Å². The van der Waals surface area contributed by atoms with Crippen molar-refractivity contribution >= 4 is 5.84 Å². The van der Waals surface area contributed by atoms with Gasteiger partial charge in [-0.25, -0.2) is 0 Å². The van der Waals surface area contributed by atoms with E-state index in [1.165, 1.54) is 51.5 Å². The standard InChI is InChI=1S/C13H25N3/c14-13(15)8-9-16(12-6-7-12)10-11-4-2-1-3-5-11/h11-12H,1-10H2,(H3,14,15). The average Bonchev–Trinajstić information content (AvgIpc) is 3.09. The smallest absolute Gasteiger partial charge is 0.0918 e. The van der Waals surface area contributed by atoms with Gasteiger partial charge in [-0.15, -0.1) is 0 Å². The molecule has 0 atom stereocenters.